The Balaban J connectivity index is 2.24. The van der Waals surface area contributed by atoms with Crippen LogP contribution in [-0.2, 0) is 10.0 Å². The monoisotopic (exact) mass is 313 g/mol. The van der Waals surface area contributed by atoms with Crippen molar-refractivity contribution >= 4 is 21.4 Å². The summed E-state index contributed by atoms with van der Waals surface area (Å²) in [5, 5.41) is 22.6. The largest absolute Gasteiger partial charge is 0.411 e. The van der Waals surface area contributed by atoms with Crippen molar-refractivity contribution in [2.24, 2.45) is 11.1 Å². The fourth-order valence-electron chi connectivity index (χ4n) is 2.24. The van der Waals surface area contributed by atoms with Gasteiger partial charge in [-0.3, -0.25) is 10.1 Å². The summed E-state index contributed by atoms with van der Waals surface area (Å²) >= 11 is 0. The number of hydrogen-bond donors (Lipinski definition) is 1. The zero-order chi connectivity index (χ0) is 15.6. The molecule has 0 aromatic heterocycles. The van der Waals surface area contributed by atoms with Gasteiger partial charge in [0.15, 0.2) is 0 Å². The molecule has 1 fully saturated rings. The van der Waals surface area contributed by atoms with Crippen LogP contribution in [0.15, 0.2) is 34.3 Å². The third-order valence-corrected chi connectivity index (χ3v) is 5.36. The molecule has 1 aliphatic heterocycles. The van der Waals surface area contributed by atoms with Crippen LogP contribution in [0.2, 0.25) is 0 Å². The van der Waals surface area contributed by atoms with Crippen molar-refractivity contribution in [1.29, 1.82) is 0 Å². The van der Waals surface area contributed by atoms with Gasteiger partial charge < -0.3 is 5.21 Å². The topological polar surface area (TPSA) is 113 Å². The van der Waals surface area contributed by atoms with Crippen molar-refractivity contribution in [3.63, 3.8) is 0 Å². The lowest BCUT2D eigenvalue weighted by Gasteiger charge is -2.30. The first kappa shape index (κ1) is 15.4. The van der Waals surface area contributed by atoms with Crippen molar-refractivity contribution in [3.05, 3.63) is 34.4 Å². The van der Waals surface area contributed by atoms with E-state index in [-0.39, 0.29) is 29.6 Å². The molecule has 8 nitrogen and oxygen atoms in total. The van der Waals surface area contributed by atoms with Gasteiger partial charge in [0, 0.05) is 37.6 Å². The molecule has 0 radical (unpaired) electrons. The molecule has 0 spiro atoms. The van der Waals surface area contributed by atoms with E-state index < -0.39 is 14.9 Å². The van der Waals surface area contributed by atoms with E-state index in [9.17, 15) is 18.5 Å². The van der Waals surface area contributed by atoms with Crippen LogP contribution in [0.4, 0.5) is 5.69 Å². The molecule has 9 heteroatoms. The number of sulfonamides is 1. The predicted molar refractivity (Wildman–Crippen MR) is 74.9 cm³/mol. The number of nitro benzene ring substituents is 1. The second kappa shape index (κ2) is 5.78. The Morgan fingerprint density at radius 1 is 1.38 bits per heavy atom. The average Bonchev–Trinajstić information content (AvgIpc) is 2.47. The first-order valence-corrected chi connectivity index (χ1v) is 7.75. The van der Waals surface area contributed by atoms with Gasteiger partial charge in [-0.2, -0.15) is 4.31 Å². The highest BCUT2D eigenvalue weighted by molar-refractivity contribution is 7.89. The predicted octanol–water partition coefficient (Wildman–Crippen LogP) is 1.46. The molecule has 0 bridgehead atoms. The van der Waals surface area contributed by atoms with Gasteiger partial charge in [0.25, 0.3) is 5.69 Å². The lowest BCUT2D eigenvalue weighted by Crippen LogP contribution is -2.43. The molecule has 1 heterocycles. The fourth-order valence-corrected chi connectivity index (χ4v) is 3.77. The number of rotatable bonds is 3. The Kier molecular flexibility index (Phi) is 4.24. The standard InChI is InChI=1S/C12H15N3O5S/c1-9-8-14(7-6-12(9)13-16)21(19,20)11-4-2-10(3-5-11)15(17)18/h2-5,9,16H,6-8H2,1H3/b13-12+. The molecule has 1 aromatic carbocycles. The third kappa shape index (κ3) is 3.03. The van der Waals surface area contributed by atoms with E-state index in [4.69, 9.17) is 5.21 Å². The number of nitrogens with zero attached hydrogens (tertiary/aromatic N) is 3. The summed E-state index contributed by atoms with van der Waals surface area (Å²) in [6.07, 6.45) is 0.365. The van der Waals surface area contributed by atoms with Gasteiger partial charge >= 0.3 is 0 Å². The number of piperidine rings is 1. The number of non-ortho nitro benzene ring substituents is 1. The summed E-state index contributed by atoms with van der Waals surface area (Å²) < 4.78 is 26.2. The van der Waals surface area contributed by atoms with Crippen molar-refractivity contribution in [2.45, 2.75) is 18.2 Å². The summed E-state index contributed by atoms with van der Waals surface area (Å²) in [5.41, 5.74) is 0.417. The third-order valence-electron chi connectivity index (χ3n) is 3.48. The highest BCUT2D eigenvalue weighted by Crippen LogP contribution is 2.24. The summed E-state index contributed by atoms with van der Waals surface area (Å²) in [6.45, 7) is 2.23. The van der Waals surface area contributed by atoms with Crippen molar-refractivity contribution in [3.8, 4) is 0 Å². The second-order valence-electron chi connectivity index (χ2n) is 4.86. The van der Waals surface area contributed by atoms with Crippen LogP contribution in [0.25, 0.3) is 0 Å². The summed E-state index contributed by atoms with van der Waals surface area (Å²) in [7, 11) is -3.69. The van der Waals surface area contributed by atoms with Gasteiger partial charge in [-0.15, -0.1) is 0 Å². The maximum atomic E-state index is 12.5. The zero-order valence-corrected chi connectivity index (χ0v) is 12.2. The maximum absolute atomic E-state index is 12.5. The van der Waals surface area contributed by atoms with Crippen molar-refractivity contribution in [2.75, 3.05) is 13.1 Å². The van der Waals surface area contributed by atoms with Crippen LogP contribution in [0.5, 0.6) is 0 Å². The van der Waals surface area contributed by atoms with Crippen LogP contribution >= 0.6 is 0 Å². The average molecular weight is 313 g/mol. The lowest BCUT2D eigenvalue weighted by atomic mass is 10.00. The summed E-state index contributed by atoms with van der Waals surface area (Å²) in [4.78, 5) is 10.0. The van der Waals surface area contributed by atoms with E-state index in [1.54, 1.807) is 6.92 Å². The van der Waals surface area contributed by atoms with Crippen LogP contribution in [0.1, 0.15) is 13.3 Å². The summed E-state index contributed by atoms with van der Waals surface area (Å²) in [5.74, 6) is -0.170. The molecule has 0 aliphatic carbocycles. The molecule has 1 aliphatic rings. The van der Waals surface area contributed by atoms with Crippen molar-refractivity contribution in [1.82, 2.24) is 4.31 Å². The molecule has 1 saturated heterocycles. The van der Waals surface area contributed by atoms with Crippen LogP contribution in [-0.4, -0.2) is 41.7 Å². The van der Waals surface area contributed by atoms with E-state index in [1.807, 2.05) is 0 Å². The molecule has 1 N–H and O–H groups in total. The molecular formula is C12H15N3O5S. The number of hydrogen-bond acceptors (Lipinski definition) is 6. The molecule has 2 rings (SSSR count). The highest BCUT2D eigenvalue weighted by atomic mass is 32.2. The summed E-state index contributed by atoms with van der Waals surface area (Å²) in [6, 6.07) is 4.79. The normalized spacial score (nSPS) is 22.3. The molecule has 1 unspecified atom stereocenters. The SMILES string of the molecule is CC1CN(S(=O)(=O)c2ccc([N+](=O)[O-])cc2)CC/C1=N\O. The maximum Gasteiger partial charge on any atom is 0.269 e. The van der Waals surface area contributed by atoms with Crippen LogP contribution < -0.4 is 0 Å². The molecule has 21 heavy (non-hydrogen) atoms. The molecule has 1 aromatic rings. The molecule has 0 saturated carbocycles. The Bertz CT molecular complexity index is 669. The Labute approximate surface area is 121 Å². The molecule has 0 amide bonds. The smallest absolute Gasteiger partial charge is 0.269 e. The molecule has 1 atom stereocenters. The van der Waals surface area contributed by atoms with E-state index in [0.29, 0.717) is 12.1 Å². The van der Waals surface area contributed by atoms with Gasteiger partial charge in [-0.05, 0) is 12.1 Å². The van der Waals surface area contributed by atoms with Crippen LogP contribution in [0, 0.1) is 16.0 Å². The van der Waals surface area contributed by atoms with E-state index in [1.165, 1.54) is 28.6 Å². The Morgan fingerprint density at radius 2 is 2.00 bits per heavy atom. The number of oxime groups is 1. The highest BCUT2D eigenvalue weighted by Gasteiger charge is 2.31. The van der Waals surface area contributed by atoms with Gasteiger partial charge in [-0.1, -0.05) is 12.1 Å². The van der Waals surface area contributed by atoms with E-state index in [0.717, 1.165) is 0 Å². The molecule has 114 valence electrons. The minimum Gasteiger partial charge on any atom is -0.411 e. The minimum absolute atomic E-state index is 0.0182. The lowest BCUT2D eigenvalue weighted by molar-refractivity contribution is -0.384. The number of benzene rings is 1. The number of nitro groups is 1. The van der Waals surface area contributed by atoms with Gasteiger partial charge in [0.1, 0.15) is 0 Å². The van der Waals surface area contributed by atoms with Gasteiger partial charge in [-0.25, -0.2) is 8.42 Å². The van der Waals surface area contributed by atoms with Crippen LogP contribution in [0.3, 0.4) is 0 Å². The van der Waals surface area contributed by atoms with Crippen molar-refractivity contribution < 1.29 is 18.5 Å². The first-order chi connectivity index (χ1) is 9.86. The minimum atomic E-state index is -3.69. The molecular weight excluding hydrogens is 298 g/mol. The second-order valence-corrected chi connectivity index (χ2v) is 6.79. The van der Waals surface area contributed by atoms with Gasteiger partial charge in [0.2, 0.25) is 10.0 Å². The first-order valence-electron chi connectivity index (χ1n) is 6.31. The van der Waals surface area contributed by atoms with Gasteiger partial charge in [0.05, 0.1) is 15.5 Å². The quantitative estimate of drug-likeness (QED) is 0.515. The Morgan fingerprint density at radius 3 is 2.48 bits per heavy atom. The fraction of sp³-hybridized carbons (Fsp3) is 0.417. The zero-order valence-electron chi connectivity index (χ0n) is 11.3. The Hall–Kier alpha value is -2.00. The van der Waals surface area contributed by atoms with E-state index >= 15 is 0 Å². The van der Waals surface area contributed by atoms with E-state index in [2.05, 4.69) is 5.16 Å².